The Morgan fingerprint density at radius 2 is 1.44 bits per heavy atom. The highest BCUT2D eigenvalue weighted by atomic mass is 32.2. The third-order valence-corrected chi connectivity index (χ3v) is 5.44. The first kappa shape index (κ1) is 23.4. The van der Waals surface area contributed by atoms with Crippen LogP contribution in [-0.2, 0) is 29.0 Å². The van der Waals surface area contributed by atoms with Crippen LogP contribution in [0.25, 0.3) is 0 Å². The summed E-state index contributed by atoms with van der Waals surface area (Å²) in [4.78, 5) is 3.41. The first-order valence-electron chi connectivity index (χ1n) is 8.81. The van der Waals surface area contributed by atoms with Crippen LogP contribution in [0.5, 0.6) is 5.75 Å². The Morgan fingerprint density at radius 3 is 2.06 bits per heavy atom. The Kier molecular flexibility index (Phi) is 6.35. The predicted molar refractivity (Wildman–Crippen MR) is 102 cm³/mol. The van der Waals surface area contributed by atoms with Gasteiger partial charge in [-0.2, -0.15) is 26.3 Å². The Morgan fingerprint density at radius 1 is 0.812 bits per heavy atom. The van der Waals surface area contributed by atoms with Gasteiger partial charge in [0, 0.05) is 0 Å². The third-order valence-electron chi connectivity index (χ3n) is 4.09. The Bertz CT molecular complexity index is 1190. The van der Waals surface area contributed by atoms with Crippen molar-refractivity contribution in [2.75, 3.05) is 4.72 Å². The fourth-order valence-electron chi connectivity index (χ4n) is 2.55. The molecule has 32 heavy (non-hydrogen) atoms. The van der Waals surface area contributed by atoms with E-state index >= 15 is 0 Å². The van der Waals surface area contributed by atoms with Crippen LogP contribution in [0.1, 0.15) is 16.8 Å². The Balaban J connectivity index is 1.71. The largest absolute Gasteiger partial charge is 0.487 e. The smallest absolute Gasteiger partial charge is 0.416 e. The van der Waals surface area contributed by atoms with Crippen LogP contribution >= 0.6 is 0 Å². The van der Waals surface area contributed by atoms with E-state index < -0.39 is 38.4 Å². The maximum Gasteiger partial charge on any atom is 0.416 e. The van der Waals surface area contributed by atoms with Crippen LogP contribution in [0, 0.1) is 0 Å². The summed E-state index contributed by atoms with van der Waals surface area (Å²) < 4.78 is 109. The topological polar surface area (TPSA) is 68.3 Å². The van der Waals surface area contributed by atoms with E-state index in [2.05, 4.69) is 9.71 Å². The van der Waals surface area contributed by atoms with E-state index in [-0.39, 0.29) is 23.9 Å². The maximum atomic E-state index is 12.8. The second-order valence-electron chi connectivity index (χ2n) is 6.46. The molecule has 0 spiro atoms. The summed E-state index contributed by atoms with van der Waals surface area (Å²) in [6.45, 7) is -0.190. The van der Waals surface area contributed by atoms with Gasteiger partial charge in [-0.3, -0.25) is 4.72 Å². The van der Waals surface area contributed by atoms with Gasteiger partial charge < -0.3 is 4.74 Å². The summed E-state index contributed by atoms with van der Waals surface area (Å²) in [5.74, 6) is -0.0364. The number of halogens is 6. The normalized spacial score (nSPS) is 12.4. The minimum atomic E-state index is -4.71. The molecule has 0 saturated carbocycles. The van der Waals surface area contributed by atoms with E-state index in [1.807, 2.05) is 0 Å². The summed E-state index contributed by atoms with van der Waals surface area (Å²) >= 11 is 0. The van der Waals surface area contributed by atoms with Crippen molar-refractivity contribution in [3.63, 3.8) is 0 Å². The minimum absolute atomic E-state index is 0.134. The summed E-state index contributed by atoms with van der Waals surface area (Å²) in [5.41, 5.74) is -1.73. The van der Waals surface area contributed by atoms with Crippen molar-refractivity contribution in [1.82, 2.24) is 4.98 Å². The molecule has 5 nitrogen and oxygen atoms in total. The molecule has 0 atom stereocenters. The molecule has 0 bridgehead atoms. The van der Waals surface area contributed by atoms with Crippen LogP contribution in [0.3, 0.4) is 0 Å². The fraction of sp³-hybridized carbons (Fsp3) is 0.150. The number of hydrogen-bond donors (Lipinski definition) is 1. The van der Waals surface area contributed by atoms with E-state index in [9.17, 15) is 34.8 Å². The summed E-state index contributed by atoms with van der Waals surface area (Å²) in [6, 6.07) is 11.4. The van der Waals surface area contributed by atoms with Crippen molar-refractivity contribution in [1.29, 1.82) is 0 Å². The minimum Gasteiger partial charge on any atom is -0.487 e. The molecule has 0 unspecified atom stereocenters. The molecule has 170 valence electrons. The molecule has 1 heterocycles. The number of pyridine rings is 1. The molecule has 1 N–H and O–H groups in total. The number of sulfonamides is 1. The molecule has 0 radical (unpaired) electrons. The van der Waals surface area contributed by atoms with E-state index in [4.69, 9.17) is 4.74 Å². The van der Waals surface area contributed by atoms with Gasteiger partial charge in [-0.05, 0) is 54.6 Å². The van der Waals surface area contributed by atoms with Crippen molar-refractivity contribution in [2.24, 2.45) is 0 Å². The van der Waals surface area contributed by atoms with Crippen LogP contribution in [0.4, 0.5) is 32.2 Å². The number of anilines is 1. The molecule has 3 rings (SSSR count). The number of alkyl halides is 6. The van der Waals surface area contributed by atoms with E-state index in [0.717, 1.165) is 42.5 Å². The fourth-order valence-corrected chi connectivity index (χ4v) is 3.60. The van der Waals surface area contributed by atoms with E-state index in [0.29, 0.717) is 6.07 Å². The number of hydrogen-bond acceptors (Lipinski definition) is 4. The number of nitrogens with zero attached hydrogens (tertiary/aromatic N) is 1. The molecular weight excluding hydrogens is 462 g/mol. The number of ether oxygens (including phenoxy) is 1. The molecule has 0 saturated heterocycles. The van der Waals surface area contributed by atoms with Gasteiger partial charge in [0.2, 0.25) is 0 Å². The van der Waals surface area contributed by atoms with Crippen LogP contribution < -0.4 is 9.46 Å². The quantitative estimate of drug-likeness (QED) is 0.477. The predicted octanol–water partition coefficient (Wildman–Crippen LogP) is 5.50. The van der Waals surface area contributed by atoms with Gasteiger partial charge in [0.15, 0.2) is 0 Å². The van der Waals surface area contributed by atoms with Gasteiger partial charge in [0.05, 0.1) is 21.7 Å². The Hall–Kier alpha value is -3.28. The molecule has 0 aliphatic heterocycles. The first-order chi connectivity index (χ1) is 14.8. The average Bonchev–Trinajstić information content (AvgIpc) is 2.71. The second kappa shape index (κ2) is 8.69. The van der Waals surface area contributed by atoms with Gasteiger partial charge in [-0.1, -0.05) is 12.1 Å². The second-order valence-corrected chi connectivity index (χ2v) is 8.14. The number of benzene rings is 2. The highest BCUT2D eigenvalue weighted by Gasteiger charge is 2.32. The van der Waals surface area contributed by atoms with Gasteiger partial charge in [0.25, 0.3) is 10.0 Å². The molecule has 0 fully saturated rings. The van der Waals surface area contributed by atoms with Crippen LogP contribution in [0.15, 0.2) is 71.6 Å². The SMILES string of the molecule is O=S(=O)(Nc1cccc(COc2ccc(C(F)(F)F)cc2)n1)c1cccc(C(F)(F)F)c1. The zero-order valence-corrected chi connectivity index (χ0v) is 16.7. The van der Waals surface area contributed by atoms with E-state index in [1.165, 1.54) is 18.2 Å². The first-order valence-corrected chi connectivity index (χ1v) is 10.3. The van der Waals surface area contributed by atoms with E-state index in [1.54, 1.807) is 0 Å². The molecule has 12 heteroatoms. The van der Waals surface area contributed by atoms with Gasteiger partial charge in [0.1, 0.15) is 18.2 Å². The monoisotopic (exact) mass is 476 g/mol. The average molecular weight is 476 g/mol. The van der Waals surface area contributed by atoms with Gasteiger partial charge in [-0.25, -0.2) is 13.4 Å². The van der Waals surface area contributed by atoms with Crippen molar-refractivity contribution in [3.8, 4) is 5.75 Å². The van der Waals surface area contributed by atoms with Crippen molar-refractivity contribution >= 4 is 15.8 Å². The summed E-state index contributed by atoms with van der Waals surface area (Å²) in [6.07, 6.45) is -9.19. The summed E-state index contributed by atoms with van der Waals surface area (Å²) in [7, 11) is -4.36. The molecule has 3 aromatic rings. The lowest BCUT2D eigenvalue weighted by Crippen LogP contribution is -2.16. The van der Waals surface area contributed by atoms with Crippen molar-refractivity contribution < 1.29 is 39.5 Å². The van der Waals surface area contributed by atoms with Crippen LogP contribution in [-0.4, -0.2) is 13.4 Å². The maximum absolute atomic E-state index is 12.8. The van der Waals surface area contributed by atoms with Crippen molar-refractivity contribution in [3.05, 3.63) is 83.6 Å². The standard InChI is InChI=1S/C20H14F6N2O3S/c21-19(22,23)13-7-9-16(10-8-13)31-12-15-4-2-6-18(27-15)28-32(29,30)17-5-1-3-14(11-17)20(24,25)26/h1-11H,12H2,(H,27,28). The van der Waals surface area contributed by atoms with Gasteiger partial charge in [-0.15, -0.1) is 0 Å². The molecule has 0 amide bonds. The number of rotatable bonds is 6. The highest BCUT2D eigenvalue weighted by Crippen LogP contribution is 2.31. The highest BCUT2D eigenvalue weighted by molar-refractivity contribution is 7.92. The summed E-state index contributed by atoms with van der Waals surface area (Å²) in [5, 5.41) is 0. The zero-order chi connectivity index (χ0) is 23.6. The number of aromatic nitrogens is 1. The molecule has 2 aromatic carbocycles. The Labute approximate surface area is 178 Å². The molecule has 1 aromatic heterocycles. The molecule has 0 aliphatic rings. The lowest BCUT2D eigenvalue weighted by Gasteiger charge is -2.12. The van der Waals surface area contributed by atoms with Gasteiger partial charge >= 0.3 is 12.4 Å². The molecule has 0 aliphatic carbocycles. The lowest BCUT2D eigenvalue weighted by atomic mass is 10.2. The zero-order valence-electron chi connectivity index (χ0n) is 15.9. The van der Waals surface area contributed by atoms with Crippen molar-refractivity contribution in [2.45, 2.75) is 23.9 Å². The van der Waals surface area contributed by atoms with Crippen LogP contribution in [0.2, 0.25) is 0 Å². The lowest BCUT2D eigenvalue weighted by molar-refractivity contribution is -0.138. The number of nitrogens with one attached hydrogen (secondary N) is 1. The third kappa shape index (κ3) is 5.90. The molecular formula is C20H14F6N2O3S.